The summed E-state index contributed by atoms with van der Waals surface area (Å²) in [5.74, 6) is 0.363. The number of aromatic nitrogens is 1. The van der Waals surface area contributed by atoms with Crippen LogP contribution in [0.4, 0.5) is 17.2 Å². The summed E-state index contributed by atoms with van der Waals surface area (Å²) >= 11 is 0. The van der Waals surface area contributed by atoms with E-state index in [4.69, 9.17) is 4.74 Å². The molecule has 0 unspecified atom stereocenters. The van der Waals surface area contributed by atoms with Gasteiger partial charge in [-0.1, -0.05) is 25.3 Å². The molecule has 1 aromatic heterocycles. The van der Waals surface area contributed by atoms with Gasteiger partial charge in [0, 0.05) is 30.3 Å². The van der Waals surface area contributed by atoms with Crippen molar-refractivity contribution in [1.29, 1.82) is 0 Å². The zero-order valence-electron chi connectivity index (χ0n) is 17.1. The average molecular weight is 409 g/mol. The van der Waals surface area contributed by atoms with Crippen LogP contribution < -0.4 is 15.5 Å². The van der Waals surface area contributed by atoms with Gasteiger partial charge in [0.2, 0.25) is 5.91 Å². The first-order valence-corrected chi connectivity index (χ1v) is 10.7. The Kier molecular flexibility index (Phi) is 6.59. The summed E-state index contributed by atoms with van der Waals surface area (Å²) in [5.41, 5.74) is 2.15. The van der Waals surface area contributed by atoms with Crippen LogP contribution in [0.3, 0.4) is 0 Å². The van der Waals surface area contributed by atoms with E-state index in [-0.39, 0.29) is 17.7 Å². The highest BCUT2D eigenvalue weighted by atomic mass is 16.5. The zero-order chi connectivity index (χ0) is 20.8. The van der Waals surface area contributed by atoms with Crippen molar-refractivity contribution in [3.05, 3.63) is 48.2 Å². The van der Waals surface area contributed by atoms with Gasteiger partial charge in [-0.2, -0.15) is 0 Å². The van der Waals surface area contributed by atoms with Crippen LogP contribution in [-0.2, 0) is 9.53 Å². The van der Waals surface area contributed by atoms with E-state index >= 15 is 0 Å². The van der Waals surface area contributed by atoms with Gasteiger partial charge < -0.3 is 20.3 Å². The number of amides is 2. The number of ether oxygens (including phenoxy) is 1. The molecule has 158 valence electrons. The summed E-state index contributed by atoms with van der Waals surface area (Å²) < 4.78 is 5.37. The lowest BCUT2D eigenvalue weighted by atomic mass is 9.88. The van der Waals surface area contributed by atoms with Crippen LogP contribution in [0.15, 0.2) is 42.6 Å². The molecule has 1 aliphatic carbocycles. The summed E-state index contributed by atoms with van der Waals surface area (Å²) in [5, 5.41) is 5.79. The number of hydrogen-bond donors (Lipinski definition) is 2. The van der Waals surface area contributed by atoms with E-state index in [1.165, 1.54) is 6.42 Å². The number of pyridine rings is 1. The highest BCUT2D eigenvalue weighted by Gasteiger charge is 2.21. The molecule has 1 saturated carbocycles. The maximum atomic E-state index is 12.6. The van der Waals surface area contributed by atoms with Gasteiger partial charge in [-0.05, 0) is 43.2 Å². The molecule has 7 heteroatoms. The smallest absolute Gasteiger partial charge is 0.256 e. The Morgan fingerprint density at radius 2 is 1.80 bits per heavy atom. The van der Waals surface area contributed by atoms with Gasteiger partial charge in [-0.25, -0.2) is 4.98 Å². The van der Waals surface area contributed by atoms with Crippen molar-refractivity contribution < 1.29 is 14.3 Å². The molecule has 2 heterocycles. The maximum Gasteiger partial charge on any atom is 0.256 e. The Balaban J connectivity index is 1.36. The molecule has 1 saturated heterocycles. The molecule has 1 aliphatic heterocycles. The molecular formula is C23H28N4O3. The van der Waals surface area contributed by atoms with Crippen LogP contribution in [0.2, 0.25) is 0 Å². The third kappa shape index (κ3) is 5.16. The highest BCUT2D eigenvalue weighted by molar-refractivity contribution is 6.05. The Labute approximate surface area is 176 Å². The standard InChI is InChI=1S/C23H28N4O3/c28-22(17-5-2-1-3-6-17)25-19-8-4-7-18(15-19)23(29)26-21-10-9-20(16-24-21)27-11-13-30-14-12-27/h4,7-10,15-17H,1-3,5-6,11-14H2,(H,25,28)(H,24,26,29). The number of carbonyl (C=O) groups is 2. The minimum atomic E-state index is -0.254. The third-order valence-corrected chi connectivity index (χ3v) is 5.73. The van der Waals surface area contributed by atoms with E-state index in [9.17, 15) is 9.59 Å². The molecule has 0 spiro atoms. The van der Waals surface area contributed by atoms with Gasteiger partial charge in [0.25, 0.3) is 5.91 Å². The first-order valence-electron chi connectivity index (χ1n) is 10.7. The number of morpholine rings is 1. The van der Waals surface area contributed by atoms with E-state index in [1.807, 2.05) is 12.1 Å². The molecule has 2 amide bonds. The SMILES string of the molecule is O=C(Nc1ccc(N2CCOCC2)cn1)c1cccc(NC(=O)C2CCCCC2)c1. The predicted molar refractivity (Wildman–Crippen MR) is 117 cm³/mol. The van der Waals surface area contributed by atoms with Gasteiger partial charge in [-0.3, -0.25) is 9.59 Å². The largest absolute Gasteiger partial charge is 0.378 e. The normalized spacial score (nSPS) is 17.4. The quantitative estimate of drug-likeness (QED) is 0.788. The lowest BCUT2D eigenvalue weighted by molar-refractivity contribution is -0.120. The molecule has 2 N–H and O–H groups in total. The number of rotatable bonds is 5. The lowest BCUT2D eigenvalue weighted by Gasteiger charge is -2.28. The second-order valence-corrected chi connectivity index (χ2v) is 7.86. The number of anilines is 3. The van der Waals surface area contributed by atoms with Crippen molar-refractivity contribution >= 4 is 29.0 Å². The van der Waals surface area contributed by atoms with Gasteiger partial charge in [0.1, 0.15) is 5.82 Å². The second-order valence-electron chi connectivity index (χ2n) is 7.86. The zero-order valence-corrected chi connectivity index (χ0v) is 17.1. The lowest BCUT2D eigenvalue weighted by Crippen LogP contribution is -2.36. The fourth-order valence-corrected chi connectivity index (χ4v) is 4.00. The van der Waals surface area contributed by atoms with Crippen molar-refractivity contribution in [2.45, 2.75) is 32.1 Å². The van der Waals surface area contributed by atoms with E-state index in [0.717, 1.165) is 44.5 Å². The fraction of sp³-hybridized carbons (Fsp3) is 0.435. The molecule has 30 heavy (non-hydrogen) atoms. The van der Waals surface area contributed by atoms with Gasteiger partial charge in [0.05, 0.1) is 25.1 Å². The Morgan fingerprint density at radius 3 is 2.53 bits per heavy atom. The minimum Gasteiger partial charge on any atom is -0.378 e. The molecule has 4 rings (SSSR count). The van der Waals surface area contributed by atoms with Crippen LogP contribution in [0.25, 0.3) is 0 Å². The Morgan fingerprint density at radius 1 is 1.00 bits per heavy atom. The summed E-state index contributed by atoms with van der Waals surface area (Å²) in [6, 6.07) is 10.8. The topological polar surface area (TPSA) is 83.6 Å². The molecule has 0 radical (unpaired) electrons. The molecule has 0 atom stereocenters. The first kappa shape index (κ1) is 20.3. The maximum absolute atomic E-state index is 12.6. The Bertz CT molecular complexity index is 872. The molecule has 1 aromatic carbocycles. The molecular weight excluding hydrogens is 380 g/mol. The molecule has 0 bridgehead atoms. The third-order valence-electron chi connectivity index (χ3n) is 5.73. The number of benzene rings is 1. The van der Waals surface area contributed by atoms with Crippen LogP contribution in [-0.4, -0.2) is 43.1 Å². The van der Waals surface area contributed by atoms with Crippen LogP contribution in [0.5, 0.6) is 0 Å². The molecule has 7 nitrogen and oxygen atoms in total. The van der Waals surface area contributed by atoms with Crippen LogP contribution in [0, 0.1) is 5.92 Å². The van der Waals surface area contributed by atoms with Gasteiger partial charge >= 0.3 is 0 Å². The monoisotopic (exact) mass is 408 g/mol. The van der Waals surface area contributed by atoms with Crippen LogP contribution >= 0.6 is 0 Å². The Hall–Kier alpha value is -2.93. The summed E-state index contributed by atoms with van der Waals surface area (Å²) in [6.45, 7) is 3.11. The molecule has 2 fully saturated rings. The van der Waals surface area contributed by atoms with Gasteiger partial charge in [-0.15, -0.1) is 0 Å². The number of nitrogens with one attached hydrogen (secondary N) is 2. The van der Waals surface area contributed by atoms with E-state index < -0.39 is 0 Å². The summed E-state index contributed by atoms with van der Waals surface area (Å²) in [7, 11) is 0. The van der Waals surface area contributed by atoms with Crippen molar-refractivity contribution in [2.75, 3.05) is 41.8 Å². The molecule has 2 aromatic rings. The van der Waals surface area contributed by atoms with Crippen LogP contribution in [0.1, 0.15) is 42.5 Å². The second kappa shape index (κ2) is 9.71. The van der Waals surface area contributed by atoms with Gasteiger partial charge in [0.15, 0.2) is 0 Å². The number of hydrogen-bond acceptors (Lipinski definition) is 5. The highest BCUT2D eigenvalue weighted by Crippen LogP contribution is 2.25. The van der Waals surface area contributed by atoms with Crippen molar-refractivity contribution in [3.8, 4) is 0 Å². The fourth-order valence-electron chi connectivity index (χ4n) is 4.00. The first-order chi connectivity index (χ1) is 14.7. The summed E-state index contributed by atoms with van der Waals surface area (Å²) in [6.07, 6.45) is 7.08. The average Bonchev–Trinajstić information content (AvgIpc) is 2.81. The number of carbonyl (C=O) groups excluding carboxylic acids is 2. The van der Waals surface area contributed by atoms with E-state index in [1.54, 1.807) is 30.5 Å². The van der Waals surface area contributed by atoms with Crippen molar-refractivity contribution in [1.82, 2.24) is 4.98 Å². The predicted octanol–water partition coefficient (Wildman–Crippen LogP) is 3.69. The molecule has 2 aliphatic rings. The van der Waals surface area contributed by atoms with Crippen molar-refractivity contribution in [2.24, 2.45) is 5.92 Å². The summed E-state index contributed by atoms with van der Waals surface area (Å²) in [4.78, 5) is 31.7. The van der Waals surface area contributed by atoms with E-state index in [0.29, 0.717) is 30.3 Å². The number of nitrogens with zero attached hydrogens (tertiary/aromatic N) is 2. The van der Waals surface area contributed by atoms with Crippen molar-refractivity contribution in [3.63, 3.8) is 0 Å². The van der Waals surface area contributed by atoms with E-state index in [2.05, 4.69) is 20.5 Å². The minimum absolute atomic E-state index is 0.0487.